The molecule has 4 heteroatoms. The number of anilines is 1. The molecule has 0 unspecified atom stereocenters. The van der Waals surface area contributed by atoms with Gasteiger partial charge in [-0.2, -0.15) is 0 Å². The average Bonchev–Trinajstić information content (AvgIpc) is 2.69. The summed E-state index contributed by atoms with van der Waals surface area (Å²) in [6.07, 6.45) is 3.29. The van der Waals surface area contributed by atoms with E-state index in [0.717, 1.165) is 50.8 Å². The largest absolute Gasteiger partial charge is 0.356 e. The first-order valence-electron chi connectivity index (χ1n) is 7.56. The van der Waals surface area contributed by atoms with Crippen molar-refractivity contribution in [2.24, 2.45) is 5.92 Å². The average molecular weight is 266 g/mol. The van der Waals surface area contributed by atoms with Crippen LogP contribution in [0.1, 0.15) is 39.8 Å². The zero-order chi connectivity index (χ0) is 14.3. The van der Waals surface area contributed by atoms with Gasteiger partial charge in [-0.25, -0.2) is 4.98 Å². The van der Waals surface area contributed by atoms with E-state index in [4.69, 9.17) is 0 Å². The summed E-state index contributed by atoms with van der Waals surface area (Å²) in [5.74, 6) is 1.66. The van der Waals surface area contributed by atoms with E-state index in [1.54, 1.807) is 0 Å². The van der Waals surface area contributed by atoms with Crippen LogP contribution in [0.4, 0.5) is 5.95 Å². The van der Waals surface area contributed by atoms with Crippen molar-refractivity contribution in [3.63, 3.8) is 0 Å². The van der Waals surface area contributed by atoms with Gasteiger partial charge in [-0.1, -0.05) is 27.7 Å². The molecule has 0 bridgehead atoms. The van der Waals surface area contributed by atoms with Gasteiger partial charge in [-0.05, 0) is 38.9 Å². The third-order valence-corrected chi connectivity index (χ3v) is 3.29. The van der Waals surface area contributed by atoms with Crippen LogP contribution in [0.5, 0.6) is 0 Å². The molecule has 0 aliphatic rings. The zero-order valence-electron chi connectivity index (χ0n) is 13.2. The first kappa shape index (κ1) is 16.0. The second-order valence-corrected chi connectivity index (χ2v) is 5.56. The number of hydrogen-bond donors (Lipinski definition) is 1. The molecule has 0 radical (unpaired) electrons. The third-order valence-electron chi connectivity index (χ3n) is 3.29. The van der Waals surface area contributed by atoms with Gasteiger partial charge in [0.2, 0.25) is 5.95 Å². The van der Waals surface area contributed by atoms with Crippen LogP contribution in [-0.4, -0.2) is 40.6 Å². The molecular formula is C15H30N4. The summed E-state index contributed by atoms with van der Waals surface area (Å²) < 4.78 is 2.23. The molecule has 110 valence electrons. The molecule has 4 nitrogen and oxygen atoms in total. The van der Waals surface area contributed by atoms with E-state index in [-0.39, 0.29) is 0 Å². The first-order valence-corrected chi connectivity index (χ1v) is 7.56. The molecular weight excluding hydrogens is 236 g/mol. The van der Waals surface area contributed by atoms with E-state index in [9.17, 15) is 0 Å². The standard InChI is InChI=1S/C15H30N4/c1-6-18(7-2)10-8-9-16-15-17-14(5)12-19(15)11-13(3)4/h12-13H,6-11H2,1-5H3,(H,16,17). The third kappa shape index (κ3) is 5.64. The molecule has 0 saturated carbocycles. The Labute approximate surface area is 118 Å². The van der Waals surface area contributed by atoms with Crippen molar-refractivity contribution < 1.29 is 0 Å². The summed E-state index contributed by atoms with van der Waals surface area (Å²) in [7, 11) is 0. The van der Waals surface area contributed by atoms with Crippen LogP contribution in [-0.2, 0) is 6.54 Å². The number of imidazole rings is 1. The van der Waals surface area contributed by atoms with Crippen LogP contribution in [0, 0.1) is 12.8 Å². The van der Waals surface area contributed by atoms with Gasteiger partial charge in [-0.3, -0.25) is 0 Å². The molecule has 0 aromatic carbocycles. The Hall–Kier alpha value is -1.03. The van der Waals surface area contributed by atoms with Gasteiger partial charge in [0.25, 0.3) is 0 Å². The lowest BCUT2D eigenvalue weighted by molar-refractivity contribution is 0.303. The highest BCUT2D eigenvalue weighted by molar-refractivity contribution is 5.28. The summed E-state index contributed by atoms with van der Waals surface area (Å²) in [6, 6.07) is 0. The Morgan fingerprint density at radius 2 is 2.00 bits per heavy atom. The molecule has 1 aromatic rings. The Morgan fingerprint density at radius 1 is 1.32 bits per heavy atom. The molecule has 0 aliphatic heterocycles. The molecule has 0 saturated heterocycles. The lowest BCUT2D eigenvalue weighted by atomic mass is 10.2. The first-order chi connectivity index (χ1) is 9.06. The molecule has 1 rings (SSSR count). The summed E-state index contributed by atoms with van der Waals surface area (Å²) >= 11 is 0. The summed E-state index contributed by atoms with van der Waals surface area (Å²) in [6.45, 7) is 16.4. The van der Waals surface area contributed by atoms with Gasteiger partial charge in [-0.15, -0.1) is 0 Å². The minimum Gasteiger partial charge on any atom is -0.356 e. The van der Waals surface area contributed by atoms with E-state index in [1.165, 1.54) is 0 Å². The predicted molar refractivity (Wildman–Crippen MR) is 82.7 cm³/mol. The maximum atomic E-state index is 4.56. The van der Waals surface area contributed by atoms with E-state index in [1.807, 2.05) is 0 Å². The van der Waals surface area contributed by atoms with Crippen molar-refractivity contribution in [1.82, 2.24) is 14.5 Å². The molecule has 19 heavy (non-hydrogen) atoms. The quantitative estimate of drug-likeness (QED) is 0.698. The maximum absolute atomic E-state index is 4.56. The summed E-state index contributed by atoms with van der Waals surface area (Å²) in [5, 5.41) is 3.47. The molecule has 0 atom stereocenters. The van der Waals surface area contributed by atoms with E-state index < -0.39 is 0 Å². The number of aromatic nitrogens is 2. The Bertz CT molecular complexity index is 353. The second-order valence-electron chi connectivity index (χ2n) is 5.56. The number of hydrogen-bond acceptors (Lipinski definition) is 3. The van der Waals surface area contributed by atoms with Crippen molar-refractivity contribution in [3.05, 3.63) is 11.9 Å². The van der Waals surface area contributed by atoms with Crippen LogP contribution in [0.2, 0.25) is 0 Å². The van der Waals surface area contributed by atoms with E-state index in [2.05, 4.69) is 60.6 Å². The number of nitrogens with one attached hydrogen (secondary N) is 1. The Kier molecular flexibility index (Phi) is 6.92. The topological polar surface area (TPSA) is 33.1 Å². The van der Waals surface area contributed by atoms with Crippen molar-refractivity contribution in [3.8, 4) is 0 Å². The Balaban J connectivity index is 2.40. The number of nitrogens with zero attached hydrogens (tertiary/aromatic N) is 3. The fraction of sp³-hybridized carbons (Fsp3) is 0.800. The second kappa shape index (κ2) is 8.20. The van der Waals surface area contributed by atoms with Gasteiger partial charge in [0.15, 0.2) is 0 Å². The molecule has 0 spiro atoms. The molecule has 1 aromatic heterocycles. The fourth-order valence-corrected chi connectivity index (χ4v) is 2.26. The fourth-order valence-electron chi connectivity index (χ4n) is 2.26. The predicted octanol–water partition coefficient (Wildman–Crippen LogP) is 2.99. The van der Waals surface area contributed by atoms with Crippen molar-refractivity contribution >= 4 is 5.95 Å². The van der Waals surface area contributed by atoms with E-state index in [0.29, 0.717) is 5.92 Å². The summed E-state index contributed by atoms with van der Waals surface area (Å²) in [5.41, 5.74) is 1.09. The molecule has 0 fully saturated rings. The number of rotatable bonds is 9. The van der Waals surface area contributed by atoms with Gasteiger partial charge in [0.05, 0.1) is 5.69 Å². The SMILES string of the molecule is CCN(CC)CCCNc1nc(C)cn1CC(C)C. The lowest BCUT2D eigenvalue weighted by Crippen LogP contribution is -2.25. The highest BCUT2D eigenvalue weighted by Crippen LogP contribution is 2.11. The minimum atomic E-state index is 0.643. The monoisotopic (exact) mass is 266 g/mol. The van der Waals surface area contributed by atoms with E-state index >= 15 is 0 Å². The molecule has 1 heterocycles. The molecule has 0 aliphatic carbocycles. The molecule has 1 N–H and O–H groups in total. The van der Waals surface area contributed by atoms with Gasteiger partial charge in [0.1, 0.15) is 0 Å². The van der Waals surface area contributed by atoms with Crippen molar-refractivity contribution in [2.45, 2.75) is 47.6 Å². The Morgan fingerprint density at radius 3 is 2.58 bits per heavy atom. The van der Waals surface area contributed by atoms with Crippen LogP contribution in [0.25, 0.3) is 0 Å². The lowest BCUT2D eigenvalue weighted by Gasteiger charge is -2.18. The van der Waals surface area contributed by atoms with Crippen molar-refractivity contribution in [2.75, 3.05) is 31.5 Å². The van der Waals surface area contributed by atoms with Crippen LogP contribution >= 0.6 is 0 Å². The van der Waals surface area contributed by atoms with Crippen LogP contribution in [0.15, 0.2) is 6.20 Å². The normalized spacial score (nSPS) is 11.5. The maximum Gasteiger partial charge on any atom is 0.203 e. The van der Waals surface area contributed by atoms with Crippen LogP contribution < -0.4 is 5.32 Å². The zero-order valence-corrected chi connectivity index (χ0v) is 13.2. The minimum absolute atomic E-state index is 0.643. The highest BCUT2D eigenvalue weighted by Gasteiger charge is 2.06. The van der Waals surface area contributed by atoms with Crippen LogP contribution in [0.3, 0.4) is 0 Å². The van der Waals surface area contributed by atoms with Crippen molar-refractivity contribution in [1.29, 1.82) is 0 Å². The van der Waals surface area contributed by atoms with Gasteiger partial charge in [0, 0.05) is 19.3 Å². The highest BCUT2D eigenvalue weighted by atomic mass is 15.2. The van der Waals surface area contributed by atoms with Gasteiger partial charge >= 0.3 is 0 Å². The number of aryl methyl sites for hydroxylation is 1. The molecule has 0 amide bonds. The van der Waals surface area contributed by atoms with Gasteiger partial charge < -0.3 is 14.8 Å². The summed E-state index contributed by atoms with van der Waals surface area (Å²) in [4.78, 5) is 7.01. The smallest absolute Gasteiger partial charge is 0.203 e.